The molecule has 0 aromatic heterocycles. The van der Waals surface area contributed by atoms with Gasteiger partial charge in [0.1, 0.15) is 23.3 Å². The van der Waals surface area contributed by atoms with Gasteiger partial charge < -0.3 is 20.1 Å². The minimum absolute atomic E-state index is 0.817. The van der Waals surface area contributed by atoms with Crippen LogP contribution in [0.2, 0.25) is 0 Å². The van der Waals surface area contributed by atoms with E-state index in [9.17, 15) is 29.4 Å². The van der Waals surface area contributed by atoms with E-state index < -0.39 is 47.7 Å². The van der Waals surface area contributed by atoms with E-state index in [0.29, 0.717) is 0 Å². The smallest absolute Gasteiger partial charge is 0.304 e. The molecule has 0 saturated heterocycles. The van der Waals surface area contributed by atoms with Gasteiger partial charge in [-0.2, -0.15) is 0 Å². The van der Waals surface area contributed by atoms with Gasteiger partial charge in [0.05, 0.1) is 6.61 Å². The molecular weight excluding hydrogens is 302 g/mol. The molecule has 0 heterocycles. The van der Waals surface area contributed by atoms with E-state index in [0.717, 1.165) is 20.8 Å². The highest BCUT2D eigenvalue weighted by Crippen LogP contribution is 2.23. The standard InChI is InChI=1S/C11H16O8.H2N3/c1-5(13)9(17)11(6(2)14,19-7(3)15)10(18)8(16)4-12;1-3-2/h8,10,12,16,18H,4H2,1-3H3;1-2H/q;+1/t8?,10?,11-;/m1./s1. The second-order valence-electron chi connectivity index (χ2n) is 4.08. The van der Waals surface area contributed by atoms with Gasteiger partial charge in [-0.3, -0.25) is 19.2 Å². The minimum atomic E-state index is -2.85. The van der Waals surface area contributed by atoms with Crippen molar-refractivity contribution in [1.82, 2.24) is 4.91 Å². The maximum absolute atomic E-state index is 11.8. The third-order valence-corrected chi connectivity index (χ3v) is 2.45. The number of esters is 1. The molecule has 0 aliphatic heterocycles. The summed E-state index contributed by atoms with van der Waals surface area (Å²) in [5, 5.41) is 27.9. The maximum atomic E-state index is 11.8. The summed E-state index contributed by atoms with van der Waals surface area (Å²) in [4.78, 5) is 47.6. The average molecular weight is 320 g/mol. The van der Waals surface area contributed by atoms with Crippen LogP contribution < -0.4 is 4.91 Å². The van der Waals surface area contributed by atoms with Crippen molar-refractivity contribution in [3.63, 3.8) is 0 Å². The molecule has 22 heavy (non-hydrogen) atoms. The Morgan fingerprint density at radius 1 is 1.14 bits per heavy atom. The number of aliphatic hydroxyl groups excluding tert-OH is 3. The molecule has 0 fully saturated rings. The highest BCUT2D eigenvalue weighted by molar-refractivity contribution is 6.44. The van der Waals surface area contributed by atoms with E-state index in [1.807, 2.05) is 4.91 Å². The quantitative estimate of drug-likeness (QED) is 0.115. The number of ketones is 3. The van der Waals surface area contributed by atoms with Gasteiger partial charge in [-0.15, -0.1) is 0 Å². The van der Waals surface area contributed by atoms with Crippen LogP contribution in [0, 0.1) is 11.1 Å². The summed E-state index contributed by atoms with van der Waals surface area (Å²) < 4.78 is 4.53. The summed E-state index contributed by atoms with van der Waals surface area (Å²) in [5.74, 6) is -4.85. The maximum Gasteiger partial charge on any atom is 0.304 e. The van der Waals surface area contributed by atoms with Gasteiger partial charge in [-0.1, -0.05) is 0 Å². The van der Waals surface area contributed by atoms with Crippen LogP contribution in [-0.4, -0.2) is 63.1 Å². The molecule has 0 bridgehead atoms. The van der Waals surface area contributed by atoms with Gasteiger partial charge in [0.15, 0.2) is 11.6 Å². The molecule has 0 rings (SSSR count). The van der Waals surface area contributed by atoms with Crippen LogP contribution in [0.1, 0.15) is 20.8 Å². The van der Waals surface area contributed by atoms with Crippen molar-refractivity contribution >= 4 is 23.3 Å². The number of ether oxygens (including phenoxy) is 1. The molecule has 5 N–H and O–H groups in total. The Kier molecular flexibility index (Phi) is 9.56. The van der Waals surface area contributed by atoms with Crippen molar-refractivity contribution in [2.24, 2.45) is 0 Å². The van der Waals surface area contributed by atoms with Gasteiger partial charge in [0, 0.05) is 13.8 Å². The molecule has 0 saturated carbocycles. The second kappa shape index (κ2) is 9.58. The number of nitrogens with one attached hydrogen (secondary N) is 2. The summed E-state index contributed by atoms with van der Waals surface area (Å²) in [6, 6.07) is 0. The van der Waals surface area contributed by atoms with E-state index in [1.165, 1.54) is 0 Å². The molecule has 11 nitrogen and oxygen atoms in total. The monoisotopic (exact) mass is 320 g/mol. The number of hydrogen-bond donors (Lipinski definition) is 5. The van der Waals surface area contributed by atoms with E-state index in [4.69, 9.17) is 16.2 Å². The first-order valence-corrected chi connectivity index (χ1v) is 5.78. The first-order valence-electron chi connectivity index (χ1n) is 5.78. The van der Waals surface area contributed by atoms with Crippen LogP contribution >= 0.6 is 0 Å². The van der Waals surface area contributed by atoms with Gasteiger partial charge in [0.25, 0.3) is 11.4 Å². The summed E-state index contributed by atoms with van der Waals surface area (Å²) in [6.07, 6.45) is -4.19. The van der Waals surface area contributed by atoms with Crippen molar-refractivity contribution < 1.29 is 39.2 Å². The largest absolute Gasteiger partial charge is 0.440 e. The number of Topliss-reactive ketones (excluding diaryl/α,β-unsaturated/α-hetero) is 3. The van der Waals surface area contributed by atoms with Crippen LogP contribution in [0.5, 0.6) is 0 Å². The lowest BCUT2D eigenvalue weighted by Gasteiger charge is -2.34. The number of carbonyl (C=O) groups excluding carboxylic acids is 4. The Bertz CT molecular complexity index is 486. The van der Waals surface area contributed by atoms with Crippen molar-refractivity contribution in [3.8, 4) is 0 Å². The van der Waals surface area contributed by atoms with Crippen LogP contribution in [-0.2, 0) is 23.9 Å². The lowest BCUT2D eigenvalue weighted by Crippen LogP contribution is -2.63. The highest BCUT2D eigenvalue weighted by Gasteiger charge is 2.56. The Morgan fingerprint density at radius 3 is 1.77 bits per heavy atom. The van der Waals surface area contributed by atoms with E-state index >= 15 is 0 Å². The van der Waals surface area contributed by atoms with Gasteiger partial charge in [0.2, 0.25) is 4.91 Å². The first-order chi connectivity index (χ1) is 10.0. The lowest BCUT2D eigenvalue weighted by atomic mass is 9.83. The molecule has 0 aliphatic carbocycles. The van der Waals surface area contributed by atoms with E-state index in [2.05, 4.69) is 4.74 Å². The zero-order valence-corrected chi connectivity index (χ0v) is 12.2. The molecule has 0 amide bonds. The molecule has 0 spiro atoms. The van der Waals surface area contributed by atoms with Crippen LogP contribution in [0.4, 0.5) is 0 Å². The lowest BCUT2D eigenvalue weighted by molar-refractivity contribution is -0.193. The SMILES string of the molecule is CC(=O)O[C@](C(C)=O)(C(=O)C(C)=O)C(O)C(O)CO.N=[N+]=N. The van der Waals surface area contributed by atoms with E-state index in [1.54, 1.807) is 0 Å². The number of rotatable bonds is 7. The molecule has 0 aromatic carbocycles. The highest BCUT2D eigenvalue weighted by atomic mass is 16.6. The summed E-state index contributed by atoms with van der Waals surface area (Å²) >= 11 is 0. The van der Waals surface area contributed by atoms with E-state index in [-0.39, 0.29) is 0 Å². The average Bonchev–Trinajstić information content (AvgIpc) is 2.42. The normalized spacial score (nSPS) is 15.0. The molecule has 0 radical (unpaired) electrons. The molecule has 0 aliphatic rings. The zero-order valence-electron chi connectivity index (χ0n) is 12.2. The topological polar surface area (TPSA) is 200 Å². The first kappa shape index (κ1) is 22.0. The van der Waals surface area contributed by atoms with Gasteiger partial charge >= 0.3 is 5.97 Å². The number of carbonyl (C=O) groups is 4. The Morgan fingerprint density at radius 2 is 1.55 bits per heavy atom. The van der Waals surface area contributed by atoms with Gasteiger partial charge in [-0.25, -0.2) is 0 Å². The molecular formula is C11H18N3O8+. The Hall–Kier alpha value is -2.33. The van der Waals surface area contributed by atoms with Crippen molar-refractivity contribution in [2.75, 3.05) is 6.61 Å². The van der Waals surface area contributed by atoms with Crippen LogP contribution in [0.15, 0.2) is 0 Å². The third kappa shape index (κ3) is 5.22. The number of nitrogens with zero attached hydrogens (tertiary/aromatic N) is 1. The Balaban J connectivity index is 0. The van der Waals surface area contributed by atoms with Gasteiger partial charge in [-0.05, 0) is 6.92 Å². The fraction of sp³-hybridized carbons (Fsp3) is 0.636. The van der Waals surface area contributed by atoms with Crippen LogP contribution in [0.25, 0.3) is 0 Å². The van der Waals surface area contributed by atoms with Crippen molar-refractivity contribution in [3.05, 3.63) is 0 Å². The van der Waals surface area contributed by atoms with Crippen molar-refractivity contribution in [2.45, 2.75) is 38.6 Å². The predicted octanol–water partition coefficient (Wildman–Crippen LogP) is -2.13. The molecule has 124 valence electrons. The molecule has 3 atom stereocenters. The number of hydrogen-bond acceptors (Lipinski definition) is 10. The Labute approximate surface area is 124 Å². The second-order valence-corrected chi connectivity index (χ2v) is 4.08. The molecule has 0 aromatic rings. The number of aliphatic hydroxyl groups is 3. The summed E-state index contributed by atoms with van der Waals surface area (Å²) in [6.45, 7) is 1.50. The zero-order chi connectivity index (χ0) is 18.1. The fourth-order valence-electron chi connectivity index (χ4n) is 1.54. The van der Waals surface area contributed by atoms with Crippen LogP contribution in [0.3, 0.4) is 0 Å². The minimum Gasteiger partial charge on any atom is -0.440 e. The summed E-state index contributed by atoms with van der Waals surface area (Å²) in [7, 11) is 0. The molecule has 11 heteroatoms. The third-order valence-electron chi connectivity index (χ3n) is 2.45. The predicted molar refractivity (Wildman–Crippen MR) is 67.5 cm³/mol. The fourth-order valence-corrected chi connectivity index (χ4v) is 1.54. The van der Waals surface area contributed by atoms with Crippen molar-refractivity contribution in [1.29, 1.82) is 11.1 Å². The summed E-state index contributed by atoms with van der Waals surface area (Å²) in [5.41, 5.74) is 8.15. The molecule has 2 unspecified atom stereocenters.